The molecule has 1 N–H and O–H groups in total. The summed E-state index contributed by atoms with van der Waals surface area (Å²) < 4.78 is 11.3. The summed E-state index contributed by atoms with van der Waals surface area (Å²) in [5.41, 5.74) is 0.689. The van der Waals surface area contributed by atoms with Crippen molar-refractivity contribution in [2.45, 2.75) is 32.5 Å². The number of aliphatic carboxylic acids is 1. The van der Waals surface area contributed by atoms with Gasteiger partial charge in [-0.3, -0.25) is 0 Å². The van der Waals surface area contributed by atoms with Gasteiger partial charge in [0.05, 0.1) is 6.10 Å². The van der Waals surface area contributed by atoms with Gasteiger partial charge >= 0.3 is 5.97 Å². The van der Waals surface area contributed by atoms with E-state index < -0.39 is 12.1 Å². The van der Waals surface area contributed by atoms with E-state index in [1.165, 1.54) is 0 Å². The molecule has 0 heterocycles. The van der Waals surface area contributed by atoms with Gasteiger partial charge in [0, 0.05) is 11.4 Å². The Labute approximate surface area is 140 Å². The zero-order chi connectivity index (χ0) is 16.8. The molecule has 0 aliphatic rings. The smallest absolute Gasteiger partial charge is 0.333 e. The van der Waals surface area contributed by atoms with E-state index in [1.54, 1.807) is 32.0 Å². The van der Waals surface area contributed by atoms with E-state index in [-0.39, 0.29) is 12.5 Å². The monoisotopic (exact) mass is 334 g/mol. The molecular weight excluding hydrogens is 316 g/mol. The molecule has 122 valence electrons. The number of halogens is 1. The standard InChI is InChI=1S/C18H19ClO4/c1-12(2)22-17(18(20)21)11-13-10-14(19)8-9-16(13)23-15-6-4-3-5-7-15/h3-10,12,17H,11H2,1-2H3,(H,20,21)/t17-/m0/s1. The van der Waals surface area contributed by atoms with Gasteiger partial charge in [0.15, 0.2) is 6.10 Å². The van der Waals surface area contributed by atoms with Crippen molar-refractivity contribution in [3.63, 3.8) is 0 Å². The summed E-state index contributed by atoms with van der Waals surface area (Å²) in [6.07, 6.45) is -0.962. The minimum Gasteiger partial charge on any atom is -0.479 e. The van der Waals surface area contributed by atoms with Crippen molar-refractivity contribution in [1.82, 2.24) is 0 Å². The SMILES string of the molecule is CC(C)O[C@@H](Cc1cc(Cl)ccc1Oc1ccccc1)C(=O)O. The molecule has 1 atom stereocenters. The molecule has 2 aromatic carbocycles. The number of ether oxygens (including phenoxy) is 2. The van der Waals surface area contributed by atoms with Crippen molar-refractivity contribution >= 4 is 17.6 Å². The quantitative estimate of drug-likeness (QED) is 0.806. The van der Waals surface area contributed by atoms with Crippen LogP contribution < -0.4 is 4.74 Å². The van der Waals surface area contributed by atoms with Gasteiger partial charge in [-0.2, -0.15) is 0 Å². The Bertz CT molecular complexity index is 655. The predicted octanol–water partition coefficient (Wildman–Crippen LogP) is 4.55. The number of carboxylic acid groups (broad SMARTS) is 1. The average Bonchev–Trinajstić information content (AvgIpc) is 2.50. The average molecular weight is 335 g/mol. The van der Waals surface area contributed by atoms with E-state index in [1.807, 2.05) is 30.3 Å². The number of para-hydroxylation sites is 1. The molecule has 0 aromatic heterocycles. The lowest BCUT2D eigenvalue weighted by atomic mass is 10.1. The van der Waals surface area contributed by atoms with Crippen molar-refractivity contribution < 1.29 is 19.4 Å². The van der Waals surface area contributed by atoms with Crippen LogP contribution in [0.3, 0.4) is 0 Å². The molecule has 2 rings (SSSR count). The summed E-state index contributed by atoms with van der Waals surface area (Å²) in [6.45, 7) is 3.60. The van der Waals surface area contributed by atoms with Crippen molar-refractivity contribution in [3.8, 4) is 11.5 Å². The lowest BCUT2D eigenvalue weighted by Gasteiger charge is -2.18. The number of hydrogen-bond acceptors (Lipinski definition) is 3. The fraction of sp³-hybridized carbons (Fsp3) is 0.278. The molecule has 23 heavy (non-hydrogen) atoms. The molecule has 0 amide bonds. The van der Waals surface area contributed by atoms with Crippen LogP contribution >= 0.6 is 11.6 Å². The molecule has 0 saturated carbocycles. The second-order valence-electron chi connectivity index (χ2n) is 5.38. The molecular formula is C18H19ClO4. The topological polar surface area (TPSA) is 55.8 Å². The third-order valence-electron chi connectivity index (χ3n) is 3.11. The van der Waals surface area contributed by atoms with Gasteiger partial charge in [-0.1, -0.05) is 29.8 Å². The highest BCUT2D eigenvalue weighted by Crippen LogP contribution is 2.29. The first-order valence-corrected chi connectivity index (χ1v) is 7.73. The second-order valence-corrected chi connectivity index (χ2v) is 5.82. The first-order valence-electron chi connectivity index (χ1n) is 7.35. The van der Waals surface area contributed by atoms with Crippen molar-refractivity contribution in [2.24, 2.45) is 0 Å². The Balaban J connectivity index is 2.25. The van der Waals surface area contributed by atoms with Crippen LogP contribution in [0.15, 0.2) is 48.5 Å². The van der Waals surface area contributed by atoms with Gasteiger partial charge in [-0.15, -0.1) is 0 Å². The van der Waals surface area contributed by atoms with Gasteiger partial charge in [0.2, 0.25) is 0 Å². The van der Waals surface area contributed by atoms with Crippen LogP contribution in [-0.4, -0.2) is 23.3 Å². The molecule has 0 unspecified atom stereocenters. The summed E-state index contributed by atoms with van der Waals surface area (Å²) in [6, 6.07) is 14.4. The molecule has 2 aromatic rings. The Morgan fingerprint density at radius 1 is 1.17 bits per heavy atom. The molecule has 0 fully saturated rings. The molecule has 0 aliphatic heterocycles. The first-order chi connectivity index (χ1) is 11.0. The molecule has 0 radical (unpaired) electrons. The molecule has 0 aliphatic carbocycles. The largest absolute Gasteiger partial charge is 0.479 e. The number of rotatable bonds is 7. The van der Waals surface area contributed by atoms with E-state index in [0.29, 0.717) is 22.1 Å². The van der Waals surface area contributed by atoms with Crippen LogP contribution in [-0.2, 0) is 16.0 Å². The number of benzene rings is 2. The Morgan fingerprint density at radius 2 is 1.87 bits per heavy atom. The fourth-order valence-corrected chi connectivity index (χ4v) is 2.34. The zero-order valence-corrected chi connectivity index (χ0v) is 13.8. The van der Waals surface area contributed by atoms with Crippen LogP contribution in [0.1, 0.15) is 19.4 Å². The summed E-state index contributed by atoms with van der Waals surface area (Å²) in [4.78, 5) is 11.4. The minimum absolute atomic E-state index is 0.177. The number of hydrogen-bond donors (Lipinski definition) is 1. The Morgan fingerprint density at radius 3 is 2.48 bits per heavy atom. The predicted molar refractivity (Wildman–Crippen MR) is 89.3 cm³/mol. The molecule has 0 spiro atoms. The van der Waals surface area contributed by atoms with E-state index in [0.717, 1.165) is 0 Å². The van der Waals surface area contributed by atoms with Gasteiger partial charge in [0.1, 0.15) is 11.5 Å². The Hall–Kier alpha value is -2.04. The van der Waals surface area contributed by atoms with E-state index in [9.17, 15) is 9.90 Å². The lowest BCUT2D eigenvalue weighted by molar-refractivity contribution is -0.153. The molecule has 4 nitrogen and oxygen atoms in total. The van der Waals surface area contributed by atoms with Crippen LogP contribution in [0.2, 0.25) is 5.02 Å². The number of carbonyl (C=O) groups is 1. The number of carboxylic acids is 1. The molecule has 0 saturated heterocycles. The molecule has 5 heteroatoms. The van der Waals surface area contributed by atoms with Gasteiger partial charge < -0.3 is 14.6 Å². The second kappa shape index (κ2) is 7.99. The minimum atomic E-state index is -1.01. The Kier molecular flexibility index (Phi) is 6.02. The highest BCUT2D eigenvalue weighted by molar-refractivity contribution is 6.30. The van der Waals surface area contributed by atoms with Crippen molar-refractivity contribution in [3.05, 3.63) is 59.1 Å². The van der Waals surface area contributed by atoms with Crippen LogP contribution in [0, 0.1) is 0 Å². The van der Waals surface area contributed by atoms with Gasteiger partial charge in [-0.25, -0.2) is 4.79 Å². The first kappa shape index (κ1) is 17.3. The molecule has 0 bridgehead atoms. The lowest BCUT2D eigenvalue weighted by Crippen LogP contribution is -2.29. The van der Waals surface area contributed by atoms with E-state index in [2.05, 4.69) is 0 Å². The van der Waals surface area contributed by atoms with Crippen molar-refractivity contribution in [1.29, 1.82) is 0 Å². The highest BCUT2D eigenvalue weighted by atomic mass is 35.5. The maximum atomic E-state index is 11.4. The van der Waals surface area contributed by atoms with E-state index >= 15 is 0 Å². The maximum absolute atomic E-state index is 11.4. The maximum Gasteiger partial charge on any atom is 0.333 e. The van der Waals surface area contributed by atoms with Crippen molar-refractivity contribution in [2.75, 3.05) is 0 Å². The highest BCUT2D eigenvalue weighted by Gasteiger charge is 2.22. The summed E-state index contributed by atoms with van der Waals surface area (Å²) in [5, 5.41) is 9.86. The third kappa shape index (κ3) is 5.27. The van der Waals surface area contributed by atoms with Crippen LogP contribution in [0.25, 0.3) is 0 Å². The van der Waals surface area contributed by atoms with Gasteiger partial charge in [-0.05, 0) is 49.7 Å². The van der Waals surface area contributed by atoms with E-state index in [4.69, 9.17) is 21.1 Å². The fourth-order valence-electron chi connectivity index (χ4n) is 2.14. The summed E-state index contributed by atoms with van der Waals surface area (Å²) in [7, 11) is 0. The zero-order valence-electron chi connectivity index (χ0n) is 13.0. The van der Waals surface area contributed by atoms with Crippen LogP contribution in [0.4, 0.5) is 0 Å². The third-order valence-corrected chi connectivity index (χ3v) is 3.35. The van der Waals surface area contributed by atoms with Crippen LogP contribution in [0.5, 0.6) is 11.5 Å². The summed E-state index contributed by atoms with van der Waals surface area (Å²) >= 11 is 6.04. The normalized spacial score (nSPS) is 12.2. The van der Waals surface area contributed by atoms with Gasteiger partial charge in [0.25, 0.3) is 0 Å². The summed E-state index contributed by atoms with van der Waals surface area (Å²) in [5.74, 6) is 0.233.